The van der Waals surface area contributed by atoms with Crippen LogP contribution in [0.1, 0.15) is 49.1 Å². The molecule has 0 saturated heterocycles. The van der Waals surface area contributed by atoms with Gasteiger partial charge in [0.25, 0.3) is 17.7 Å². The van der Waals surface area contributed by atoms with Gasteiger partial charge in [-0.2, -0.15) is 5.10 Å². The molecule has 0 aliphatic carbocycles. The van der Waals surface area contributed by atoms with E-state index < -0.39 is 0 Å². The van der Waals surface area contributed by atoms with Crippen LogP contribution in [0.2, 0.25) is 0 Å². The average molecular weight is 481 g/mol. The second-order valence-corrected chi connectivity index (χ2v) is 8.32. The number of hydrogen-bond donors (Lipinski definition) is 1. The monoisotopic (exact) mass is 480 g/mol. The van der Waals surface area contributed by atoms with Gasteiger partial charge in [-0.05, 0) is 54.4 Å². The van der Waals surface area contributed by atoms with Gasteiger partial charge in [0.1, 0.15) is 5.75 Å². The Bertz CT molecular complexity index is 1410. The zero-order valence-electron chi connectivity index (χ0n) is 19.7. The summed E-state index contributed by atoms with van der Waals surface area (Å²) in [7, 11) is 0. The van der Waals surface area contributed by atoms with E-state index in [1.165, 1.54) is 4.90 Å². The van der Waals surface area contributed by atoms with E-state index in [2.05, 4.69) is 10.4 Å². The summed E-state index contributed by atoms with van der Waals surface area (Å²) in [6.45, 7) is 2.78. The zero-order valence-corrected chi connectivity index (χ0v) is 19.7. The van der Waals surface area contributed by atoms with Gasteiger partial charge in [0.05, 0.1) is 36.4 Å². The Morgan fingerprint density at radius 2 is 1.64 bits per heavy atom. The van der Waals surface area contributed by atoms with Crippen molar-refractivity contribution < 1.29 is 19.1 Å². The molecule has 36 heavy (non-hydrogen) atoms. The molecule has 1 N–H and O–H groups in total. The molecular weight excluding hydrogens is 456 g/mol. The van der Waals surface area contributed by atoms with Gasteiger partial charge in [-0.3, -0.25) is 24.0 Å². The standard InChI is InChI=1S/C28H24N4O4/c1-2-36-25-13-12-19(17-32-27(34)21-9-4-5-10-22(21)28(32)35)16-23(25)26(33)30-24-11-6-3-8-20(24)18-31-15-7-14-29-31/h3-16H,2,17-18H2,1H3,(H,30,33). The third kappa shape index (κ3) is 4.48. The first-order valence-electron chi connectivity index (χ1n) is 11.6. The minimum atomic E-state index is -0.351. The van der Waals surface area contributed by atoms with Gasteiger partial charge in [0, 0.05) is 18.1 Å². The van der Waals surface area contributed by atoms with Crippen LogP contribution in [-0.2, 0) is 13.1 Å². The quantitative estimate of drug-likeness (QED) is 0.378. The highest BCUT2D eigenvalue weighted by Crippen LogP contribution is 2.27. The summed E-state index contributed by atoms with van der Waals surface area (Å²) in [6, 6.07) is 21.2. The zero-order chi connectivity index (χ0) is 25.1. The fourth-order valence-corrected chi connectivity index (χ4v) is 4.24. The summed E-state index contributed by atoms with van der Waals surface area (Å²) < 4.78 is 7.48. The number of anilines is 1. The van der Waals surface area contributed by atoms with Crippen LogP contribution in [0.25, 0.3) is 0 Å². The molecule has 8 nitrogen and oxygen atoms in total. The largest absolute Gasteiger partial charge is 0.493 e. The molecule has 1 aromatic heterocycles. The van der Waals surface area contributed by atoms with E-state index in [1.54, 1.807) is 53.3 Å². The van der Waals surface area contributed by atoms with Crippen molar-refractivity contribution in [1.29, 1.82) is 0 Å². The average Bonchev–Trinajstić information content (AvgIpc) is 3.49. The van der Waals surface area contributed by atoms with Crippen LogP contribution in [0, 0.1) is 0 Å². The van der Waals surface area contributed by atoms with E-state index >= 15 is 0 Å². The van der Waals surface area contributed by atoms with Crippen molar-refractivity contribution in [3.05, 3.63) is 113 Å². The second-order valence-electron chi connectivity index (χ2n) is 8.32. The molecule has 0 atom stereocenters. The Hall–Kier alpha value is -4.72. The Kier molecular flexibility index (Phi) is 6.32. The maximum absolute atomic E-state index is 13.4. The number of fused-ring (bicyclic) bond motifs is 1. The SMILES string of the molecule is CCOc1ccc(CN2C(=O)c3ccccc3C2=O)cc1C(=O)Nc1ccccc1Cn1cccn1. The van der Waals surface area contributed by atoms with Crippen molar-refractivity contribution in [2.24, 2.45) is 0 Å². The molecule has 0 fully saturated rings. The molecular formula is C28H24N4O4. The Labute approximate surface area is 208 Å². The van der Waals surface area contributed by atoms with E-state index in [1.807, 2.05) is 43.5 Å². The molecule has 5 rings (SSSR count). The number of para-hydroxylation sites is 1. The minimum Gasteiger partial charge on any atom is -0.493 e. The number of hydrogen-bond acceptors (Lipinski definition) is 5. The van der Waals surface area contributed by atoms with E-state index in [0.717, 1.165) is 5.56 Å². The Morgan fingerprint density at radius 1 is 0.917 bits per heavy atom. The number of aromatic nitrogens is 2. The number of benzene rings is 3. The molecule has 3 amide bonds. The molecule has 8 heteroatoms. The van der Waals surface area contributed by atoms with Crippen molar-refractivity contribution >= 4 is 23.4 Å². The molecule has 0 radical (unpaired) electrons. The molecule has 0 spiro atoms. The summed E-state index contributed by atoms with van der Waals surface area (Å²) in [5.74, 6) is -0.618. The number of amides is 3. The molecule has 1 aliphatic rings. The topological polar surface area (TPSA) is 93.5 Å². The Balaban J connectivity index is 1.40. The lowest BCUT2D eigenvalue weighted by Crippen LogP contribution is -2.29. The molecule has 180 valence electrons. The highest BCUT2D eigenvalue weighted by molar-refractivity contribution is 6.21. The van der Waals surface area contributed by atoms with Gasteiger partial charge in [-0.25, -0.2) is 0 Å². The van der Waals surface area contributed by atoms with Crippen molar-refractivity contribution in [3.63, 3.8) is 0 Å². The first-order chi connectivity index (χ1) is 17.5. The van der Waals surface area contributed by atoms with Crippen molar-refractivity contribution in [2.75, 3.05) is 11.9 Å². The molecule has 2 heterocycles. The third-order valence-electron chi connectivity index (χ3n) is 5.96. The van der Waals surface area contributed by atoms with Gasteiger partial charge in [0.15, 0.2) is 0 Å². The molecule has 0 saturated carbocycles. The summed E-state index contributed by atoms with van der Waals surface area (Å²) in [5.41, 5.74) is 3.30. The minimum absolute atomic E-state index is 0.0505. The second kappa shape index (κ2) is 9.87. The highest BCUT2D eigenvalue weighted by Gasteiger charge is 2.35. The number of nitrogens with zero attached hydrogens (tertiary/aromatic N) is 3. The summed E-state index contributed by atoms with van der Waals surface area (Å²) in [4.78, 5) is 40.2. The van der Waals surface area contributed by atoms with E-state index in [0.29, 0.717) is 46.8 Å². The molecule has 3 aromatic carbocycles. The molecule has 4 aromatic rings. The number of rotatable bonds is 8. The maximum atomic E-state index is 13.4. The van der Waals surface area contributed by atoms with Crippen LogP contribution >= 0.6 is 0 Å². The molecule has 0 unspecified atom stereocenters. The first-order valence-corrected chi connectivity index (χ1v) is 11.6. The summed E-state index contributed by atoms with van der Waals surface area (Å²) in [5, 5.41) is 7.22. The number of imide groups is 1. The van der Waals surface area contributed by atoms with E-state index in [-0.39, 0.29) is 24.3 Å². The van der Waals surface area contributed by atoms with Gasteiger partial charge in [0.2, 0.25) is 0 Å². The number of carbonyl (C=O) groups excluding carboxylic acids is 3. The number of ether oxygens (including phenoxy) is 1. The van der Waals surface area contributed by atoms with Crippen LogP contribution in [-0.4, -0.2) is 39.0 Å². The fourth-order valence-electron chi connectivity index (χ4n) is 4.24. The first kappa shape index (κ1) is 23.0. The van der Waals surface area contributed by atoms with Gasteiger partial charge >= 0.3 is 0 Å². The summed E-state index contributed by atoms with van der Waals surface area (Å²) >= 11 is 0. The highest BCUT2D eigenvalue weighted by atomic mass is 16.5. The van der Waals surface area contributed by atoms with Crippen molar-refractivity contribution in [1.82, 2.24) is 14.7 Å². The van der Waals surface area contributed by atoms with Gasteiger partial charge in [-0.1, -0.05) is 36.4 Å². The normalized spacial score (nSPS) is 12.5. The number of nitrogens with one attached hydrogen (secondary N) is 1. The van der Waals surface area contributed by atoms with Crippen LogP contribution in [0.4, 0.5) is 5.69 Å². The predicted molar refractivity (Wildman–Crippen MR) is 134 cm³/mol. The predicted octanol–water partition coefficient (Wildman–Crippen LogP) is 4.38. The third-order valence-corrected chi connectivity index (χ3v) is 5.96. The maximum Gasteiger partial charge on any atom is 0.261 e. The molecule has 0 bridgehead atoms. The lowest BCUT2D eigenvalue weighted by molar-refractivity contribution is 0.0642. The van der Waals surface area contributed by atoms with Crippen LogP contribution in [0.5, 0.6) is 5.75 Å². The Morgan fingerprint density at radius 3 is 2.33 bits per heavy atom. The van der Waals surface area contributed by atoms with Gasteiger partial charge in [-0.15, -0.1) is 0 Å². The lowest BCUT2D eigenvalue weighted by Gasteiger charge is -2.17. The summed E-state index contributed by atoms with van der Waals surface area (Å²) in [6.07, 6.45) is 3.56. The van der Waals surface area contributed by atoms with Crippen LogP contribution in [0.15, 0.2) is 85.2 Å². The number of carbonyl (C=O) groups is 3. The van der Waals surface area contributed by atoms with E-state index in [4.69, 9.17) is 4.74 Å². The van der Waals surface area contributed by atoms with Crippen LogP contribution in [0.3, 0.4) is 0 Å². The van der Waals surface area contributed by atoms with E-state index in [9.17, 15) is 14.4 Å². The van der Waals surface area contributed by atoms with Crippen molar-refractivity contribution in [3.8, 4) is 5.75 Å². The van der Waals surface area contributed by atoms with Crippen molar-refractivity contribution in [2.45, 2.75) is 20.0 Å². The molecule has 1 aliphatic heterocycles. The smallest absolute Gasteiger partial charge is 0.261 e. The lowest BCUT2D eigenvalue weighted by atomic mass is 10.1. The van der Waals surface area contributed by atoms with Crippen LogP contribution < -0.4 is 10.1 Å². The fraction of sp³-hybridized carbons (Fsp3) is 0.143. The van der Waals surface area contributed by atoms with Gasteiger partial charge < -0.3 is 10.1 Å².